The summed E-state index contributed by atoms with van der Waals surface area (Å²) in [5.74, 6) is 0.790. The van der Waals surface area contributed by atoms with Crippen LogP contribution in [0.3, 0.4) is 0 Å². The van der Waals surface area contributed by atoms with E-state index >= 15 is 0 Å². The SMILES string of the molecule is COc1ccc(-c2nn3c(=O)cc(CN4CCNCC4)nc3s2)cc1. The Balaban J connectivity index is 1.65. The Morgan fingerprint density at radius 2 is 2.00 bits per heavy atom. The van der Waals surface area contributed by atoms with E-state index in [2.05, 4.69) is 20.3 Å². The Morgan fingerprint density at radius 1 is 1.24 bits per heavy atom. The van der Waals surface area contributed by atoms with E-state index in [0.717, 1.165) is 48.2 Å². The fourth-order valence-electron chi connectivity index (χ4n) is 2.89. The van der Waals surface area contributed by atoms with E-state index in [1.807, 2.05) is 24.3 Å². The van der Waals surface area contributed by atoms with E-state index in [1.165, 1.54) is 15.9 Å². The molecule has 1 aliphatic rings. The number of nitrogens with one attached hydrogen (secondary N) is 1. The van der Waals surface area contributed by atoms with Gasteiger partial charge in [-0.1, -0.05) is 11.3 Å². The van der Waals surface area contributed by atoms with Gasteiger partial charge in [-0.15, -0.1) is 0 Å². The highest BCUT2D eigenvalue weighted by Crippen LogP contribution is 2.26. The van der Waals surface area contributed by atoms with Gasteiger partial charge in [-0.25, -0.2) is 4.98 Å². The van der Waals surface area contributed by atoms with Crippen LogP contribution in [0.5, 0.6) is 5.75 Å². The Morgan fingerprint density at radius 3 is 2.72 bits per heavy atom. The van der Waals surface area contributed by atoms with Gasteiger partial charge >= 0.3 is 0 Å². The standard InChI is InChI=1S/C17H19N5O2S/c1-24-14-4-2-12(3-5-14)16-20-22-15(23)10-13(19-17(22)25-16)11-21-8-6-18-7-9-21/h2-5,10,18H,6-9,11H2,1H3. The smallest absolute Gasteiger partial charge is 0.275 e. The monoisotopic (exact) mass is 357 g/mol. The van der Waals surface area contributed by atoms with Gasteiger partial charge in [-0.05, 0) is 24.3 Å². The highest BCUT2D eigenvalue weighted by atomic mass is 32.1. The lowest BCUT2D eigenvalue weighted by Crippen LogP contribution is -2.43. The molecular weight excluding hydrogens is 338 g/mol. The van der Waals surface area contributed by atoms with Crippen molar-refractivity contribution in [2.75, 3.05) is 33.3 Å². The highest BCUT2D eigenvalue weighted by molar-refractivity contribution is 7.19. The second-order valence-corrected chi connectivity index (χ2v) is 6.90. The molecule has 7 nitrogen and oxygen atoms in total. The van der Waals surface area contributed by atoms with E-state index in [4.69, 9.17) is 4.74 Å². The molecule has 130 valence electrons. The summed E-state index contributed by atoms with van der Waals surface area (Å²) in [4.78, 5) is 20.0. The predicted molar refractivity (Wildman–Crippen MR) is 97.3 cm³/mol. The molecule has 0 spiro atoms. The Labute approximate surface area is 148 Å². The lowest BCUT2D eigenvalue weighted by atomic mass is 10.2. The van der Waals surface area contributed by atoms with E-state index in [-0.39, 0.29) is 5.56 Å². The summed E-state index contributed by atoms with van der Waals surface area (Å²) in [5, 5.41) is 8.52. The van der Waals surface area contributed by atoms with Crippen LogP contribution in [0.2, 0.25) is 0 Å². The van der Waals surface area contributed by atoms with E-state index in [9.17, 15) is 4.79 Å². The first kappa shape index (κ1) is 16.2. The summed E-state index contributed by atoms with van der Waals surface area (Å²) in [6.07, 6.45) is 0. The van der Waals surface area contributed by atoms with E-state index in [0.29, 0.717) is 11.5 Å². The zero-order chi connectivity index (χ0) is 17.2. The number of nitrogens with zero attached hydrogens (tertiary/aromatic N) is 4. The molecular formula is C17H19N5O2S. The molecule has 1 fully saturated rings. The summed E-state index contributed by atoms with van der Waals surface area (Å²) in [6, 6.07) is 9.22. The topological polar surface area (TPSA) is 71.8 Å². The molecule has 3 aromatic rings. The molecule has 25 heavy (non-hydrogen) atoms. The van der Waals surface area contributed by atoms with Crippen LogP contribution in [0.1, 0.15) is 5.69 Å². The van der Waals surface area contributed by atoms with Gasteiger partial charge in [0.2, 0.25) is 4.96 Å². The molecule has 0 radical (unpaired) electrons. The van der Waals surface area contributed by atoms with Crippen LogP contribution >= 0.6 is 11.3 Å². The normalized spacial score (nSPS) is 15.6. The molecule has 0 saturated carbocycles. The third-order valence-corrected chi connectivity index (χ3v) is 5.19. The van der Waals surface area contributed by atoms with Gasteiger partial charge < -0.3 is 10.1 Å². The van der Waals surface area contributed by atoms with Gasteiger partial charge in [-0.3, -0.25) is 9.69 Å². The van der Waals surface area contributed by atoms with Gasteiger partial charge in [0.1, 0.15) is 10.8 Å². The first-order valence-electron chi connectivity index (χ1n) is 8.20. The number of fused-ring (bicyclic) bond motifs is 1. The van der Waals surface area contributed by atoms with Crippen molar-refractivity contribution in [1.82, 2.24) is 24.8 Å². The summed E-state index contributed by atoms with van der Waals surface area (Å²) in [6.45, 7) is 4.59. The Kier molecular flexibility index (Phi) is 4.48. The average molecular weight is 357 g/mol. The van der Waals surface area contributed by atoms with Gasteiger partial charge in [0, 0.05) is 44.4 Å². The van der Waals surface area contributed by atoms with Crippen molar-refractivity contribution in [3.8, 4) is 16.3 Å². The second kappa shape index (κ2) is 6.91. The Bertz CT molecular complexity index is 928. The molecule has 0 atom stereocenters. The van der Waals surface area contributed by atoms with Gasteiger partial charge in [0.05, 0.1) is 12.8 Å². The van der Waals surface area contributed by atoms with Gasteiger partial charge in [-0.2, -0.15) is 9.61 Å². The zero-order valence-corrected chi connectivity index (χ0v) is 14.8. The number of aromatic nitrogens is 3. The van der Waals surface area contributed by atoms with Crippen LogP contribution in [0.4, 0.5) is 0 Å². The maximum absolute atomic E-state index is 12.4. The number of piperazine rings is 1. The van der Waals surface area contributed by atoms with Crippen LogP contribution in [0, 0.1) is 0 Å². The first-order chi connectivity index (χ1) is 12.2. The molecule has 2 aromatic heterocycles. The molecule has 0 unspecified atom stereocenters. The second-order valence-electron chi connectivity index (χ2n) is 5.94. The fourth-order valence-corrected chi connectivity index (χ4v) is 3.82. The molecule has 1 saturated heterocycles. The lowest BCUT2D eigenvalue weighted by Gasteiger charge is -2.26. The van der Waals surface area contributed by atoms with Crippen molar-refractivity contribution in [1.29, 1.82) is 0 Å². The molecule has 8 heteroatoms. The highest BCUT2D eigenvalue weighted by Gasteiger charge is 2.14. The number of rotatable bonds is 4. The summed E-state index contributed by atoms with van der Waals surface area (Å²) in [5.41, 5.74) is 1.61. The maximum atomic E-state index is 12.4. The Hall–Kier alpha value is -2.29. The van der Waals surface area contributed by atoms with E-state index < -0.39 is 0 Å². The largest absolute Gasteiger partial charge is 0.497 e. The molecule has 1 aromatic carbocycles. The van der Waals surface area contributed by atoms with Crippen LogP contribution in [-0.4, -0.2) is 52.8 Å². The first-order valence-corrected chi connectivity index (χ1v) is 9.02. The molecule has 0 amide bonds. The fraction of sp³-hybridized carbons (Fsp3) is 0.353. The minimum absolute atomic E-state index is 0.133. The van der Waals surface area contributed by atoms with Crippen molar-refractivity contribution in [3.63, 3.8) is 0 Å². The molecule has 1 aliphatic heterocycles. The number of methoxy groups -OCH3 is 1. The molecule has 4 rings (SSSR count). The van der Waals surface area contributed by atoms with E-state index in [1.54, 1.807) is 13.2 Å². The minimum atomic E-state index is -0.133. The van der Waals surface area contributed by atoms with Crippen molar-refractivity contribution in [2.24, 2.45) is 0 Å². The van der Waals surface area contributed by atoms with Crippen LogP contribution in [0.15, 0.2) is 35.1 Å². The number of benzene rings is 1. The number of hydrogen-bond donors (Lipinski definition) is 1. The quantitative estimate of drug-likeness (QED) is 0.757. The molecule has 0 bridgehead atoms. The van der Waals surface area contributed by atoms with Gasteiger partial charge in [0.25, 0.3) is 5.56 Å². The lowest BCUT2D eigenvalue weighted by molar-refractivity contribution is 0.231. The third kappa shape index (κ3) is 3.41. The number of ether oxygens (including phenoxy) is 1. The zero-order valence-electron chi connectivity index (χ0n) is 13.9. The van der Waals surface area contributed by atoms with Crippen molar-refractivity contribution in [2.45, 2.75) is 6.54 Å². The van der Waals surface area contributed by atoms with Crippen LogP contribution < -0.4 is 15.6 Å². The van der Waals surface area contributed by atoms with Crippen molar-refractivity contribution >= 4 is 16.3 Å². The molecule has 3 heterocycles. The van der Waals surface area contributed by atoms with Crippen molar-refractivity contribution in [3.05, 3.63) is 46.4 Å². The maximum Gasteiger partial charge on any atom is 0.275 e. The summed E-state index contributed by atoms with van der Waals surface area (Å²) < 4.78 is 6.56. The average Bonchev–Trinajstić information content (AvgIpc) is 3.07. The molecule has 0 aliphatic carbocycles. The van der Waals surface area contributed by atoms with Gasteiger partial charge in [0.15, 0.2) is 0 Å². The van der Waals surface area contributed by atoms with Crippen LogP contribution in [0.25, 0.3) is 15.5 Å². The summed E-state index contributed by atoms with van der Waals surface area (Å²) >= 11 is 1.42. The third-order valence-electron chi connectivity index (χ3n) is 4.23. The molecule has 1 N–H and O–H groups in total. The van der Waals surface area contributed by atoms with Crippen LogP contribution in [-0.2, 0) is 6.54 Å². The van der Waals surface area contributed by atoms with Crippen molar-refractivity contribution < 1.29 is 4.74 Å². The summed E-state index contributed by atoms with van der Waals surface area (Å²) in [7, 11) is 1.64. The number of hydrogen-bond acceptors (Lipinski definition) is 7. The minimum Gasteiger partial charge on any atom is -0.497 e. The predicted octanol–water partition coefficient (Wildman–Crippen LogP) is 1.23.